The quantitative estimate of drug-likeness (QED) is 0.623. The van der Waals surface area contributed by atoms with Crippen molar-refractivity contribution in [1.29, 1.82) is 0 Å². The monoisotopic (exact) mass is 389 g/mol. The lowest BCUT2D eigenvalue weighted by atomic mass is 10.2. The number of fused-ring (bicyclic) bond motifs is 1. The number of thioether (sulfide) groups is 2. The molecule has 1 amide bonds. The average Bonchev–Trinajstić information content (AvgIpc) is 2.78. The second-order valence-corrected chi connectivity index (χ2v) is 8.76. The second-order valence-electron chi connectivity index (χ2n) is 6.31. The van der Waals surface area contributed by atoms with Crippen molar-refractivity contribution >= 4 is 35.1 Å². The van der Waals surface area contributed by atoms with Gasteiger partial charge in [0.15, 0.2) is 5.16 Å². The number of H-pyrrole nitrogens is 1. The minimum absolute atomic E-state index is 0.0423. The van der Waals surface area contributed by atoms with Crippen molar-refractivity contribution in [1.82, 2.24) is 9.97 Å². The third-order valence-electron chi connectivity index (χ3n) is 4.16. The fourth-order valence-electron chi connectivity index (χ4n) is 2.89. The van der Waals surface area contributed by atoms with E-state index >= 15 is 0 Å². The van der Waals surface area contributed by atoms with E-state index in [2.05, 4.69) is 29.9 Å². The van der Waals surface area contributed by atoms with Crippen LogP contribution in [0.3, 0.4) is 0 Å². The number of amides is 1. The Morgan fingerprint density at radius 1 is 1.42 bits per heavy atom. The van der Waals surface area contributed by atoms with Gasteiger partial charge < -0.3 is 9.88 Å². The number of anilines is 1. The van der Waals surface area contributed by atoms with Crippen molar-refractivity contribution in [2.75, 3.05) is 17.2 Å². The molecule has 26 heavy (non-hydrogen) atoms. The van der Waals surface area contributed by atoms with E-state index in [0.29, 0.717) is 17.0 Å². The van der Waals surface area contributed by atoms with Crippen molar-refractivity contribution in [2.24, 2.45) is 0 Å². The third-order valence-corrected chi connectivity index (χ3v) is 6.25. The molecule has 0 unspecified atom stereocenters. The molecular formula is C19H23N3O2S2. The maximum atomic E-state index is 12.9. The molecule has 1 aliphatic rings. The van der Waals surface area contributed by atoms with E-state index in [-0.39, 0.29) is 17.2 Å². The van der Waals surface area contributed by atoms with Crippen LogP contribution in [-0.4, -0.2) is 33.4 Å². The number of carbonyl (C=O) groups excluding carboxylic acids is 1. The molecule has 0 saturated carbocycles. The van der Waals surface area contributed by atoms with Crippen molar-refractivity contribution in [3.63, 3.8) is 0 Å². The molecule has 0 radical (unpaired) electrons. The molecule has 3 rings (SSSR count). The van der Waals surface area contributed by atoms with Gasteiger partial charge in [0.2, 0.25) is 5.91 Å². The molecular weight excluding hydrogens is 366 g/mol. The number of benzene rings is 1. The van der Waals surface area contributed by atoms with Crippen LogP contribution in [0.25, 0.3) is 0 Å². The van der Waals surface area contributed by atoms with Crippen molar-refractivity contribution < 1.29 is 4.79 Å². The van der Waals surface area contributed by atoms with Crippen LogP contribution in [-0.2, 0) is 11.2 Å². The predicted molar refractivity (Wildman–Crippen MR) is 108 cm³/mol. The van der Waals surface area contributed by atoms with Crippen LogP contribution < -0.4 is 10.5 Å². The van der Waals surface area contributed by atoms with Crippen molar-refractivity contribution in [3.05, 3.63) is 46.4 Å². The summed E-state index contributed by atoms with van der Waals surface area (Å²) in [4.78, 5) is 34.8. The number of aromatic nitrogens is 2. The van der Waals surface area contributed by atoms with E-state index in [4.69, 9.17) is 0 Å². The summed E-state index contributed by atoms with van der Waals surface area (Å²) in [5.74, 6) is 0.298. The van der Waals surface area contributed by atoms with Crippen LogP contribution in [0.2, 0.25) is 0 Å². The van der Waals surface area contributed by atoms with Crippen LogP contribution in [0, 0.1) is 0 Å². The zero-order chi connectivity index (χ0) is 18.5. The van der Waals surface area contributed by atoms with Crippen LogP contribution in [0.15, 0.2) is 45.2 Å². The molecule has 0 saturated heterocycles. The number of aromatic amines is 1. The summed E-state index contributed by atoms with van der Waals surface area (Å²) in [5.41, 5.74) is 1.59. The van der Waals surface area contributed by atoms with Crippen LogP contribution >= 0.6 is 23.5 Å². The SMILES string of the molecule is CCCc1cc(=O)[nH]c(SCC(=O)N2CC[C@@H](C)Sc3ccccc32)n1. The topological polar surface area (TPSA) is 66.1 Å². The molecule has 0 aliphatic carbocycles. The Hall–Kier alpha value is -1.73. The van der Waals surface area contributed by atoms with Gasteiger partial charge in [-0.1, -0.05) is 44.2 Å². The molecule has 2 aromatic rings. The van der Waals surface area contributed by atoms with Crippen LogP contribution in [0.1, 0.15) is 32.4 Å². The molecule has 2 heterocycles. The Labute approximate surface area is 162 Å². The van der Waals surface area contributed by atoms with Gasteiger partial charge in [-0.2, -0.15) is 0 Å². The van der Waals surface area contributed by atoms with E-state index in [0.717, 1.165) is 35.5 Å². The lowest BCUT2D eigenvalue weighted by Gasteiger charge is -2.22. The molecule has 7 heteroatoms. The minimum Gasteiger partial charge on any atom is -0.311 e. The summed E-state index contributed by atoms with van der Waals surface area (Å²) >= 11 is 3.11. The number of nitrogens with zero attached hydrogens (tertiary/aromatic N) is 2. The Balaban J connectivity index is 1.73. The van der Waals surface area contributed by atoms with E-state index in [1.165, 1.54) is 17.8 Å². The Morgan fingerprint density at radius 3 is 3.04 bits per heavy atom. The number of rotatable bonds is 5. The van der Waals surface area contributed by atoms with Gasteiger partial charge in [0.25, 0.3) is 5.56 Å². The molecule has 0 fully saturated rings. The second kappa shape index (κ2) is 8.77. The van der Waals surface area contributed by atoms with E-state index in [1.54, 1.807) is 0 Å². The van der Waals surface area contributed by atoms with Gasteiger partial charge in [0, 0.05) is 28.5 Å². The first-order valence-electron chi connectivity index (χ1n) is 8.86. The average molecular weight is 390 g/mol. The van der Waals surface area contributed by atoms with Gasteiger partial charge in [-0.05, 0) is 25.0 Å². The highest BCUT2D eigenvalue weighted by molar-refractivity contribution is 8.00. The molecule has 1 aromatic heterocycles. The van der Waals surface area contributed by atoms with Crippen molar-refractivity contribution in [2.45, 2.75) is 48.4 Å². The number of hydrogen-bond donors (Lipinski definition) is 1. The summed E-state index contributed by atoms with van der Waals surface area (Å²) in [7, 11) is 0. The van der Waals surface area contributed by atoms with E-state index in [9.17, 15) is 9.59 Å². The zero-order valence-corrected chi connectivity index (χ0v) is 16.7. The van der Waals surface area contributed by atoms with Gasteiger partial charge in [-0.15, -0.1) is 11.8 Å². The summed E-state index contributed by atoms with van der Waals surface area (Å²) in [6.45, 7) is 4.96. The maximum absolute atomic E-state index is 12.9. The lowest BCUT2D eigenvalue weighted by molar-refractivity contribution is -0.116. The molecule has 1 aliphatic heterocycles. The first kappa shape index (κ1) is 19.0. The molecule has 5 nitrogen and oxygen atoms in total. The summed E-state index contributed by atoms with van der Waals surface area (Å²) < 4.78 is 0. The number of carbonyl (C=O) groups is 1. The maximum Gasteiger partial charge on any atom is 0.251 e. The van der Waals surface area contributed by atoms with Gasteiger partial charge in [0.1, 0.15) is 0 Å². The normalized spacial score (nSPS) is 16.8. The fourth-order valence-corrected chi connectivity index (χ4v) is 4.77. The van der Waals surface area contributed by atoms with Crippen LogP contribution in [0.4, 0.5) is 5.69 Å². The lowest BCUT2D eigenvalue weighted by Crippen LogP contribution is -2.33. The fraction of sp³-hybridized carbons (Fsp3) is 0.421. The molecule has 1 atom stereocenters. The Kier molecular flexibility index (Phi) is 6.43. The van der Waals surface area contributed by atoms with Gasteiger partial charge in [-0.25, -0.2) is 4.98 Å². The van der Waals surface area contributed by atoms with E-state index < -0.39 is 0 Å². The standard InChI is InChI=1S/C19H23N3O2S2/c1-3-6-14-11-17(23)21-19(20-14)25-12-18(24)22-10-9-13(2)26-16-8-5-4-7-15(16)22/h4-5,7-8,11,13H,3,6,9-10,12H2,1-2H3,(H,20,21,23)/t13-/m1/s1. The van der Waals surface area contributed by atoms with Gasteiger partial charge in [0.05, 0.1) is 11.4 Å². The summed E-state index contributed by atoms with van der Waals surface area (Å²) in [5, 5.41) is 0.991. The number of para-hydroxylation sites is 1. The number of hydrogen-bond acceptors (Lipinski definition) is 5. The third kappa shape index (κ3) is 4.71. The highest BCUT2D eigenvalue weighted by Gasteiger charge is 2.24. The first-order chi connectivity index (χ1) is 12.6. The van der Waals surface area contributed by atoms with Crippen molar-refractivity contribution in [3.8, 4) is 0 Å². The molecule has 0 spiro atoms. The number of aryl methyl sites for hydroxylation is 1. The molecule has 1 N–H and O–H groups in total. The molecule has 1 aromatic carbocycles. The molecule has 138 valence electrons. The Bertz CT molecular complexity index is 838. The first-order valence-corrected chi connectivity index (χ1v) is 10.7. The van der Waals surface area contributed by atoms with Gasteiger partial charge >= 0.3 is 0 Å². The summed E-state index contributed by atoms with van der Waals surface area (Å²) in [6.07, 6.45) is 2.65. The smallest absolute Gasteiger partial charge is 0.251 e. The Morgan fingerprint density at radius 2 is 2.23 bits per heavy atom. The predicted octanol–water partition coefficient (Wildman–Crippen LogP) is 3.73. The zero-order valence-electron chi connectivity index (χ0n) is 15.0. The minimum atomic E-state index is -0.163. The largest absolute Gasteiger partial charge is 0.311 e. The highest BCUT2D eigenvalue weighted by Crippen LogP contribution is 2.37. The highest BCUT2D eigenvalue weighted by atomic mass is 32.2. The van der Waals surface area contributed by atoms with Gasteiger partial charge in [-0.3, -0.25) is 9.59 Å². The van der Waals surface area contributed by atoms with Crippen LogP contribution in [0.5, 0.6) is 0 Å². The number of nitrogens with one attached hydrogen (secondary N) is 1. The molecule has 0 bridgehead atoms. The van der Waals surface area contributed by atoms with E-state index in [1.807, 2.05) is 34.9 Å². The summed E-state index contributed by atoms with van der Waals surface area (Å²) in [6, 6.07) is 9.58.